The highest BCUT2D eigenvalue weighted by molar-refractivity contribution is 9.10. The number of aliphatic hydroxyl groups excluding tert-OH is 1. The molecule has 1 unspecified atom stereocenters. The van der Waals surface area contributed by atoms with Crippen LogP contribution in [0.3, 0.4) is 0 Å². The van der Waals surface area contributed by atoms with Gasteiger partial charge in [-0.15, -0.1) is 0 Å². The molecule has 1 aliphatic heterocycles. The normalized spacial score (nSPS) is 14.2. The van der Waals surface area contributed by atoms with Crippen molar-refractivity contribution in [2.75, 3.05) is 13.9 Å². The van der Waals surface area contributed by atoms with E-state index in [9.17, 15) is 5.11 Å². The monoisotopic (exact) mass is 337 g/mol. The Labute approximate surface area is 124 Å². The molecule has 6 heteroatoms. The number of hydrogen-bond donors (Lipinski definition) is 1. The van der Waals surface area contributed by atoms with Crippen molar-refractivity contribution in [3.05, 3.63) is 46.2 Å². The summed E-state index contributed by atoms with van der Waals surface area (Å²) in [6, 6.07) is 7.04. The van der Waals surface area contributed by atoms with Crippen molar-refractivity contribution in [1.29, 1.82) is 0 Å². The number of ether oxygens (including phenoxy) is 3. The number of methoxy groups -OCH3 is 1. The zero-order chi connectivity index (χ0) is 14.1. The second kappa shape index (κ2) is 5.30. The fourth-order valence-electron chi connectivity index (χ4n) is 2.08. The summed E-state index contributed by atoms with van der Waals surface area (Å²) >= 11 is 3.41. The van der Waals surface area contributed by atoms with E-state index in [-0.39, 0.29) is 6.79 Å². The molecule has 104 valence electrons. The fourth-order valence-corrected chi connectivity index (χ4v) is 2.66. The molecule has 1 aliphatic rings. The van der Waals surface area contributed by atoms with Crippen LogP contribution in [0.5, 0.6) is 17.2 Å². The van der Waals surface area contributed by atoms with Gasteiger partial charge in [-0.3, -0.25) is 4.98 Å². The molecule has 0 saturated carbocycles. The Bertz CT molecular complexity index is 647. The third-order valence-electron chi connectivity index (χ3n) is 3.04. The van der Waals surface area contributed by atoms with Crippen molar-refractivity contribution in [2.24, 2.45) is 0 Å². The van der Waals surface area contributed by atoms with Crippen molar-refractivity contribution >= 4 is 15.9 Å². The van der Waals surface area contributed by atoms with Crippen LogP contribution in [0.1, 0.15) is 17.4 Å². The largest absolute Gasteiger partial charge is 0.495 e. The molecule has 1 N–H and O–H groups in total. The van der Waals surface area contributed by atoms with Crippen molar-refractivity contribution in [2.45, 2.75) is 6.10 Å². The van der Waals surface area contributed by atoms with E-state index >= 15 is 0 Å². The molecule has 1 atom stereocenters. The van der Waals surface area contributed by atoms with Crippen molar-refractivity contribution in [1.82, 2.24) is 4.98 Å². The predicted octanol–water partition coefficient (Wildman–Crippen LogP) is 2.66. The van der Waals surface area contributed by atoms with Crippen LogP contribution >= 0.6 is 15.9 Å². The van der Waals surface area contributed by atoms with Crippen molar-refractivity contribution in [3.8, 4) is 17.2 Å². The lowest BCUT2D eigenvalue weighted by molar-refractivity contribution is 0.173. The lowest BCUT2D eigenvalue weighted by atomic mass is 10.0. The Balaban J connectivity index is 2.02. The number of rotatable bonds is 3. The van der Waals surface area contributed by atoms with Crippen molar-refractivity contribution < 1.29 is 19.3 Å². The summed E-state index contributed by atoms with van der Waals surface area (Å²) in [6.45, 7) is 0.181. The zero-order valence-electron chi connectivity index (χ0n) is 10.7. The van der Waals surface area contributed by atoms with E-state index in [2.05, 4.69) is 20.9 Å². The maximum absolute atomic E-state index is 10.5. The lowest BCUT2D eigenvalue weighted by Crippen LogP contribution is -2.05. The quantitative estimate of drug-likeness (QED) is 0.932. The summed E-state index contributed by atoms with van der Waals surface area (Å²) in [5.74, 6) is 1.78. The summed E-state index contributed by atoms with van der Waals surface area (Å²) in [6.07, 6.45) is 0.709. The third-order valence-corrected chi connectivity index (χ3v) is 3.63. The van der Waals surface area contributed by atoms with Crippen LogP contribution in [0.2, 0.25) is 0 Å². The summed E-state index contributed by atoms with van der Waals surface area (Å²) in [5.41, 5.74) is 1.11. The molecule has 0 radical (unpaired) electrons. The van der Waals surface area contributed by atoms with E-state index in [0.717, 1.165) is 4.47 Å². The highest BCUT2D eigenvalue weighted by Gasteiger charge is 2.23. The number of benzene rings is 1. The Hall–Kier alpha value is -1.79. The molecule has 0 spiro atoms. The maximum Gasteiger partial charge on any atom is 0.231 e. The van der Waals surface area contributed by atoms with Crippen LogP contribution in [-0.2, 0) is 0 Å². The third kappa shape index (κ3) is 2.21. The second-order valence-corrected chi connectivity index (χ2v) is 5.08. The van der Waals surface area contributed by atoms with Gasteiger partial charge in [0.1, 0.15) is 17.5 Å². The second-order valence-electron chi connectivity index (χ2n) is 4.23. The molecule has 0 aliphatic carbocycles. The molecule has 5 nitrogen and oxygen atoms in total. The van der Waals surface area contributed by atoms with Gasteiger partial charge in [-0.1, -0.05) is 0 Å². The van der Waals surface area contributed by atoms with Crippen LogP contribution in [0.4, 0.5) is 0 Å². The summed E-state index contributed by atoms with van der Waals surface area (Å²) < 4.78 is 16.6. The molecule has 2 heterocycles. The molecule has 1 aromatic heterocycles. The number of aromatic nitrogens is 1. The van der Waals surface area contributed by atoms with Gasteiger partial charge < -0.3 is 19.3 Å². The molecule has 0 amide bonds. The van der Waals surface area contributed by atoms with Gasteiger partial charge in [0, 0.05) is 6.20 Å². The van der Waals surface area contributed by atoms with E-state index in [1.165, 1.54) is 0 Å². The first-order chi connectivity index (χ1) is 9.70. The number of fused-ring (bicyclic) bond motifs is 1. The van der Waals surface area contributed by atoms with Crippen LogP contribution in [0.15, 0.2) is 34.9 Å². The first-order valence-corrected chi connectivity index (χ1v) is 6.76. The standard InChI is InChI=1S/C14H12BrNO4/c1-18-10-3-2-4-16-12(10)13(17)8-5-9(15)14-11(6-8)19-7-20-14/h2-6,13,17H,7H2,1H3. The Kier molecular flexibility index (Phi) is 3.50. The van der Waals surface area contributed by atoms with E-state index in [0.29, 0.717) is 28.5 Å². The molecular formula is C14H12BrNO4. The number of nitrogens with zero attached hydrogens (tertiary/aromatic N) is 1. The van der Waals surface area contributed by atoms with E-state index in [4.69, 9.17) is 14.2 Å². The zero-order valence-corrected chi connectivity index (χ0v) is 12.3. The van der Waals surface area contributed by atoms with Gasteiger partial charge in [0.25, 0.3) is 0 Å². The lowest BCUT2D eigenvalue weighted by Gasteiger charge is -2.14. The average molecular weight is 338 g/mol. The minimum absolute atomic E-state index is 0.181. The predicted molar refractivity (Wildman–Crippen MR) is 75.1 cm³/mol. The van der Waals surface area contributed by atoms with Gasteiger partial charge in [0.05, 0.1) is 11.6 Å². The van der Waals surface area contributed by atoms with Gasteiger partial charge in [-0.2, -0.15) is 0 Å². The van der Waals surface area contributed by atoms with Gasteiger partial charge in [0.15, 0.2) is 11.5 Å². The van der Waals surface area contributed by atoms with Crippen LogP contribution in [0.25, 0.3) is 0 Å². The molecule has 3 rings (SSSR count). The Morgan fingerprint density at radius 3 is 3.05 bits per heavy atom. The first-order valence-electron chi connectivity index (χ1n) is 5.96. The number of halogens is 1. The Morgan fingerprint density at radius 1 is 1.40 bits per heavy atom. The van der Waals surface area contributed by atoms with Gasteiger partial charge in [-0.05, 0) is 45.8 Å². The molecule has 20 heavy (non-hydrogen) atoms. The van der Waals surface area contributed by atoms with Crippen LogP contribution in [0, 0.1) is 0 Å². The minimum Gasteiger partial charge on any atom is -0.495 e. The average Bonchev–Trinajstić information content (AvgIpc) is 2.95. The van der Waals surface area contributed by atoms with E-state index < -0.39 is 6.10 Å². The fraction of sp³-hybridized carbons (Fsp3) is 0.214. The van der Waals surface area contributed by atoms with E-state index in [1.54, 1.807) is 37.6 Å². The highest BCUT2D eigenvalue weighted by Crippen LogP contribution is 2.42. The topological polar surface area (TPSA) is 60.8 Å². The SMILES string of the molecule is COc1cccnc1C(O)c1cc(Br)c2c(c1)OCO2. The molecule has 0 saturated heterocycles. The molecule has 1 aromatic carbocycles. The Morgan fingerprint density at radius 2 is 2.25 bits per heavy atom. The molecule has 0 fully saturated rings. The van der Waals surface area contributed by atoms with Crippen LogP contribution < -0.4 is 14.2 Å². The summed E-state index contributed by atoms with van der Waals surface area (Å²) in [7, 11) is 1.54. The summed E-state index contributed by atoms with van der Waals surface area (Å²) in [4.78, 5) is 4.19. The minimum atomic E-state index is -0.906. The van der Waals surface area contributed by atoms with Gasteiger partial charge >= 0.3 is 0 Å². The molecule has 0 bridgehead atoms. The van der Waals surface area contributed by atoms with Crippen LogP contribution in [-0.4, -0.2) is 24.0 Å². The van der Waals surface area contributed by atoms with Gasteiger partial charge in [-0.25, -0.2) is 0 Å². The van der Waals surface area contributed by atoms with E-state index in [1.807, 2.05) is 0 Å². The van der Waals surface area contributed by atoms with Crippen molar-refractivity contribution in [3.63, 3.8) is 0 Å². The molecular weight excluding hydrogens is 326 g/mol. The maximum atomic E-state index is 10.5. The smallest absolute Gasteiger partial charge is 0.231 e. The summed E-state index contributed by atoms with van der Waals surface area (Å²) in [5, 5.41) is 10.5. The molecule has 2 aromatic rings. The van der Waals surface area contributed by atoms with Gasteiger partial charge in [0.2, 0.25) is 6.79 Å². The highest BCUT2D eigenvalue weighted by atomic mass is 79.9. The first kappa shape index (κ1) is 13.2. The number of pyridine rings is 1. The number of hydrogen-bond acceptors (Lipinski definition) is 5. The number of aliphatic hydroxyl groups is 1.